The first-order valence-corrected chi connectivity index (χ1v) is 4.90. The summed E-state index contributed by atoms with van der Waals surface area (Å²) >= 11 is 0. The first kappa shape index (κ1) is 13.1. The van der Waals surface area contributed by atoms with Crippen molar-refractivity contribution < 1.29 is 23.5 Å². The second-order valence-corrected chi connectivity index (χ2v) is 3.32. The Balaban J connectivity index is 3.27. The maximum atomic E-state index is 13.5. The highest BCUT2D eigenvalue weighted by Crippen LogP contribution is 2.24. The van der Waals surface area contributed by atoms with Crippen LogP contribution in [0.15, 0.2) is 18.2 Å². The van der Waals surface area contributed by atoms with Gasteiger partial charge in [0.25, 0.3) is 0 Å². The maximum Gasteiger partial charge on any atom is 0.331 e. The quantitative estimate of drug-likeness (QED) is 0.798. The summed E-state index contributed by atoms with van der Waals surface area (Å²) in [6.07, 6.45) is 0.295. The summed E-state index contributed by atoms with van der Waals surface area (Å²) in [5, 5.41) is 8.98. The Kier molecular flexibility index (Phi) is 4.14. The molecule has 0 saturated heterocycles. The fourth-order valence-corrected chi connectivity index (χ4v) is 1.50. The Labute approximate surface area is 96.5 Å². The second kappa shape index (κ2) is 5.38. The van der Waals surface area contributed by atoms with Crippen molar-refractivity contribution in [2.24, 2.45) is 0 Å². The molecule has 0 heterocycles. The first-order chi connectivity index (χ1) is 8.02. The zero-order valence-electron chi connectivity index (χ0n) is 9.06. The highest BCUT2D eigenvalue weighted by Gasteiger charge is 2.29. The number of carboxylic acids is 1. The van der Waals surface area contributed by atoms with Crippen molar-refractivity contribution in [2.45, 2.75) is 13.0 Å². The lowest BCUT2D eigenvalue weighted by Crippen LogP contribution is -2.33. The summed E-state index contributed by atoms with van der Waals surface area (Å²) in [4.78, 5) is 22.6. The van der Waals surface area contributed by atoms with Gasteiger partial charge < -0.3 is 10.0 Å². The monoisotopic (exact) mass is 243 g/mol. The van der Waals surface area contributed by atoms with Gasteiger partial charge >= 0.3 is 5.97 Å². The van der Waals surface area contributed by atoms with Gasteiger partial charge in [-0.05, 0) is 13.0 Å². The van der Waals surface area contributed by atoms with Gasteiger partial charge in [0.05, 0.1) is 0 Å². The summed E-state index contributed by atoms with van der Waals surface area (Å²) in [6, 6.07) is 1.70. The Morgan fingerprint density at radius 2 is 2.18 bits per heavy atom. The summed E-state index contributed by atoms with van der Waals surface area (Å²) in [5.74, 6) is -3.81. The molecule has 0 saturated carbocycles. The minimum Gasteiger partial charge on any atom is -0.479 e. The molecule has 17 heavy (non-hydrogen) atoms. The van der Waals surface area contributed by atoms with E-state index in [1.807, 2.05) is 0 Å². The van der Waals surface area contributed by atoms with Crippen molar-refractivity contribution in [1.82, 2.24) is 4.90 Å². The number of halogens is 2. The van der Waals surface area contributed by atoms with Crippen LogP contribution in [0.2, 0.25) is 0 Å². The zero-order chi connectivity index (χ0) is 13.0. The molecule has 0 fully saturated rings. The van der Waals surface area contributed by atoms with Crippen molar-refractivity contribution in [3.05, 3.63) is 35.4 Å². The van der Waals surface area contributed by atoms with Crippen LogP contribution in [0.3, 0.4) is 0 Å². The van der Waals surface area contributed by atoms with Gasteiger partial charge in [-0.2, -0.15) is 0 Å². The Morgan fingerprint density at radius 3 is 2.65 bits per heavy atom. The van der Waals surface area contributed by atoms with E-state index in [9.17, 15) is 18.4 Å². The molecule has 0 aliphatic rings. The van der Waals surface area contributed by atoms with E-state index < -0.39 is 23.6 Å². The molecule has 0 aromatic heterocycles. The van der Waals surface area contributed by atoms with Crippen LogP contribution in [0, 0.1) is 11.6 Å². The van der Waals surface area contributed by atoms with Gasteiger partial charge in [0, 0.05) is 12.1 Å². The molecule has 92 valence electrons. The molecule has 1 aromatic carbocycles. The van der Waals surface area contributed by atoms with E-state index in [4.69, 9.17) is 5.11 Å². The molecule has 0 spiro atoms. The van der Waals surface area contributed by atoms with Crippen molar-refractivity contribution in [3.8, 4) is 0 Å². The number of nitrogens with zero attached hydrogens (tertiary/aromatic N) is 1. The van der Waals surface area contributed by atoms with E-state index >= 15 is 0 Å². The third-order valence-corrected chi connectivity index (χ3v) is 2.34. The number of likely N-dealkylation sites (N-methyl/N-ethyl adjacent to an activating group) is 1. The fraction of sp³-hybridized carbons (Fsp3) is 0.273. The maximum absolute atomic E-state index is 13.5. The number of aliphatic carboxylic acids is 1. The number of amides is 1. The summed E-state index contributed by atoms with van der Waals surface area (Å²) < 4.78 is 26.5. The van der Waals surface area contributed by atoms with Gasteiger partial charge in [-0.25, -0.2) is 13.6 Å². The second-order valence-electron chi connectivity index (χ2n) is 3.32. The molecule has 1 aromatic rings. The molecule has 1 amide bonds. The Bertz CT molecular complexity index is 437. The fourth-order valence-electron chi connectivity index (χ4n) is 1.50. The Hall–Kier alpha value is -1.98. The van der Waals surface area contributed by atoms with Gasteiger partial charge in [-0.1, -0.05) is 12.1 Å². The van der Waals surface area contributed by atoms with E-state index in [2.05, 4.69) is 0 Å². The minimum atomic E-state index is -1.52. The van der Waals surface area contributed by atoms with Crippen molar-refractivity contribution in [3.63, 3.8) is 0 Å². The van der Waals surface area contributed by atoms with Gasteiger partial charge in [-0.3, -0.25) is 4.79 Å². The lowest BCUT2D eigenvalue weighted by molar-refractivity contribution is -0.146. The molecular weight excluding hydrogens is 232 g/mol. The van der Waals surface area contributed by atoms with E-state index in [1.54, 1.807) is 6.92 Å². The largest absolute Gasteiger partial charge is 0.479 e. The molecular formula is C11H11F2NO3. The number of hydrogen-bond donors (Lipinski definition) is 1. The summed E-state index contributed by atoms with van der Waals surface area (Å²) in [5.41, 5.74) is -0.369. The van der Waals surface area contributed by atoms with Crippen LogP contribution in [0.4, 0.5) is 8.78 Å². The number of carbonyl (C=O) groups excluding carboxylic acids is 1. The molecule has 1 N–H and O–H groups in total. The van der Waals surface area contributed by atoms with Crippen molar-refractivity contribution >= 4 is 12.4 Å². The molecule has 1 atom stereocenters. The predicted octanol–water partition coefficient (Wildman–Crippen LogP) is 1.57. The van der Waals surface area contributed by atoms with E-state index in [-0.39, 0.29) is 12.1 Å². The number of hydrogen-bond acceptors (Lipinski definition) is 2. The number of benzene rings is 1. The highest BCUT2D eigenvalue weighted by atomic mass is 19.2. The number of carbonyl (C=O) groups is 2. The van der Waals surface area contributed by atoms with Crippen LogP contribution in [0.25, 0.3) is 0 Å². The third kappa shape index (κ3) is 2.58. The molecule has 6 heteroatoms. The van der Waals surface area contributed by atoms with Crippen LogP contribution in [0.1, 0.15) is 18.5 Å². The number of carboxylic acid groups (broad SMARTS) is 1. The van der Waals surface area contributed by atoms with Crippen LogP contribution < -0.4 is 0 Å². The number of rotatable bonds is 5. The lowest BCUT2D eigenvalue weighted by Gasteiger charge is -2.24. The first-order valence-electron chi connectivity index (χ1n) is 4.90. The molecule has 0 radical (unpaired) electrons. The average Bonchev–Trinajstić information content (AvgIpc) is 2.30. The normalized spacial score (nSPS) is 11.9. The SMILES string of the molecule is CCN(C=O)C(C(=O)O)c1cccc(F)c1F. The molecule has 4 nitrogen and oxygen atoms in total. The van der Waals surface area contributed by atoms with E-state index in [1.165, 1.54) is 6.07 Å². The third-order valence-electron chi connectivity index (χ3n) is 2.34. The van der Waals surface area contributed by atoms with Crippen LogP contribution in [-0.2, 0) is 9.59 Å². The standard InChI is InChI=1S/C11H11F2NO3/c1-2-14(6-15)10(11(16)17)7-4-3-5-8(12)9(7)13/h3-6,10H,2H2,1H3,(H,16,17). The smallest absolute Gasteiger partial charge is 0.331 e. The van der Waals surface area contributed by atoms with Gasteiger partial charge in [-0.15, -0.1) is 0 Å². The van der Waals surface area contributed by atoms with E-state index in [0.29, 0.717) is 6.41 Å². The molecule has 0 bridgehead atoms. The van der Waals surface area contributed by atoms with E-state index in [0.717, 1.165) is 17.0 Å². The Morgan fingerprint density at radius 1 is 1.53 bits per heavy atom. The molecule has 0 aliphatic heterocycles. The van der Waals surface area contributed by atoms with Crippen molar-refractivity contribution in [2.75, 3.05) is 6.54 Å². The highest BCUT2D eigenvalue weighted by molar-refractivity contribution is 5.78. The minimum absolute atomic E-state index is 0.0798. The topological polar surface area (TPSA) is 57.6 Å². The lowest BCUT2D eigenvalue weighted by atomic mass is 10.0. The van der Waals surface area contributed by atoms with Crippen LogP contribution in [0.5, 0.6) is 0 Å². The van der Waals surface area contributed by atoms with Gasteiger partial charge in [0.2, 0.25) is 6.41 Å². The zero-order valence-corrected chi connectivity index (χ0v) is 9.06. The van der Waals surface area contributed by atoms with Gasteiger partial charge in [0.15, 0.2) is 17.7 Å². The molecule has 1 rings (SSSR count). The summed E-state index contributed by atoms with van der Waals surface area (Å²) in [7, 11) is 0. The van der Waals surface area contributed by atoms with Crippen LogP contribution in [-0.4, -0.2) is 28.9 Å². The van der Waals surface area contributed by atoms with Crippen molar-refractivity contribution in [1.29, 1.82) is 0 Å². The predicted molar refractivity (Wildman–Crippen MR) is 55.2 cm³/mol. The average molecular weight is 243 g/mol. The molecule has 1 unspecified atom stereocenters. The summed E-state index contributed by atoms with van der Waals surface area (Å²) in [6.45, 7) is 1.62. The molecule has 0 aliphatic carbocycles. The van der Waals surface area contributed by atoms with Gasteiger partial charge in [0.1, 0.15) is 0 Å². The van der Waals surface area contributed by atoms with Crippen LogP contribution >= 0.6 is 0 Å².